The Labute approximate surface area is 51.7 Å². The molecule has 0 amide bonds. The second kappa shape index (κ2) is 1.58. The van der Waals surface area contributed by atoms with Gasteiger partial charge in [-0.2, -0.15) is 10.2 Å². The lowest BCUT2D eigenvalue weighted by molar-refractivity contribution is 0.984. The first-order chi connectivity index (χ1) is 4.47. The van der Waals surface area contributed by atoms with Gasteiger partial charge in [0.1, 0.15) is 18.6 Å². The molecule has 0 fully saturated rings. The van der Waals surface area contributed by atoms with E-state index in [0.717, 1.165) is 11.4 Å². The molecule has 1 aliphatic rings. The molecule has 0 aliphatic carbocycles. The monoisotopic (exact) mass is 120 g/mol. The van der Waals surface area contributed by atoms with Gasteiger partial charge in [-0.3, -0.25) is 0 Å². The molecule has 0 atom stereocenters. The van der Waals surface area contributed by atoms with Gasteiger partial charge < -0.3 is 0 Å². The van der Waals surface area contributed by atoms with Crippen LogP contribution in [0.25, 0.3) is 0 Å². The number of hydrogen-bond acceptors (Lipinski definition) is 4. The molecule has 0 saturated heterocycles. The highest BCUT2D eigenvalue weighted by atomic mass is 15.2. The van der Waals surface area contributed by atoms with Crippen LogP contribution < -0.4 is 0 Å². The average Bonchev–Trinajstić information content (AvgIpc) is 2.33. The molecule has 2 heterocycles. The van der Waals surface area contributed by atoms with Gasteiger partial charge in [0.2, 0.25) is 0 Å². The Morgan fingerprint density at radius 1 is 1.44 bits per heavy atom. The fraction of sp³-hybridized carbons (Fsp3) is 0.200. The molecule has 44 valence electrons. The standard InChI is InChI=1S/C5H4N4/c1-5-4(2-8-9-5)7-3-6-1/h1,3H,2H2. The first-order valence-corrected chi connectivity index (χ1v) is 2.63. The van der Waals surface area contributed by atoms with Gasteiger partial charge in [0.25, 0.3) is 0 Å². The lowest BCUT2D eigenvalue weighted by Gasteiger charge is -1.87. The molecular weight excluding hydrogens is 116 g/mol. The summed E-state index contributed by atoms with van der Waals surface area (Å²) in [4.78, 5) is 7.75. The third kappa shape index (κ3) is 0.595. The van der Waals surface area contributed by atoms with Gasteiger partial charge in [-0.15, -0.1) is 0 Å². The zero-order valence-electron chi connectivity index (χ0n) is 4.65. The summed E-state index contributed by atoms with van der Waals surface area (Å²) in [6.07, 6.45) is 3.17. The topological polar surface area (TPSA) is 50.5 Å². The SMILES string of the molecule is c1ncc2c(n1)CN=N2. The first kappa shape index (κ1) is 4.55. The summed E-state index contributed by atoms with van der Waals surface area (Å²) in [5, 5.41) is 7.57. The van der Waals surface area contributed by atoms with Crippen LogP contribution in [0.3, 0.4) is 0 Å². The highest BCUT2D eigenvalue weighted by Crippen LogP contribution is 2.21. The molecule has 1 aromatic rings. The maximum absolute atomic E-state index is 3.96. The third-order valence-electron chi connectivity index (χ3n) is 1.17. The molecule has 4 nitrogen and oxygen atoms in total. The molecule has 0 N–H and O–H groups in total. The van der Waals surface area contributed by atoms with Gasteiger partial charge in [-0.05, 0) is 0 Å². The number of nitrogens with zero attached hydrogens (tertiary/aromatic N) is 4. The van der Waals surface area contributed by atoms with Crippen LogP contribution >= 0.6 is 0 Å². The Morgan fingerprint density at radius 3 is 3.33 bits per heavy atom. The predicted octanol–water partition coefficient (Wildman–Crippen LogP) is 1.07. The Balaban J connectivity index is 2.63. The lowest BCUT2D eigenvalue weighted by atomic mass is 10.4. The zero-order chi connectivity index (χ0) is 6.10. The smallest absolute Gasteiger partial charge is 0.127 e. The zero-order valence-corrected chi connectivity index (χ0v) is 4.65. The molecule has 0 spiro atoms. The van der Waals surface area contributed by atoms with Crippen molar-refractivity contribution in [2.75, 3.05) is 0 Å². The number of fused-ring (bicyclic) bond motifs is 1. The van der Waals surface area contributed by atoms with Crippen LogP contribution in [-0.4, -0.2) is 9.97 Å². The molecule has 4 heteroatoms. The minimum absolute atomic E-state index is 0.609. The van der Waals surface area contributed by atoms with E-state index in [1.165, 1.54) is 6.33 Å². The van der Waals surface area contributed by atoms with Gasteiger partial charge in [-0.1, -0.05) is 0 Å². The van der Waals surface area contributed by atoms with E-state index in [4.69, 9.17) is 0 Å². The molecule has 0 saturated carbocycles. The van der Waals surface area contributed by atoms with Crippen LogP contribution in [0.4, 0.5) is 5.69 Å². The number of aromatic nitrogens is 2. The van der Waals surface area contributed by atoms with Crippen LogP contribution in [0, 0.1) is 0 Å². The maximum Gasteiger partial charge on any atom is 0.127 e. The number of rotatable bonds is 0. The van der Waals surface area contributed by atoms with E-state index in [-0.39, 0.29) is 0 Å². The summed E-state index contributed by atoms with van der Waals surface area (Å²) in [7, 11) is 0. The largest absolute Gasteiger partial charge is 0.242 e. The highest BCUT2D eigenvalue weighted by Gasteiger charge is 2.06. The average molecular weight is 120 g/mol. The van der Waals surface area contributed by atoms with Gasteiger partial charge in [0, 0.05) is 0 Å². The van der Waals surface area contributed by atoms with Crippen molar-refractivity contribution in [1.82, 2.24) is 9.97 Å². The molecule has 0 unspecified atom stereocenters. The fourth-order valence-corrected chi connectivity index (χ4v) is 0.731. The minimum Gasteiger partial charge on any atom is -0.242 e. The van der Waals surface area contributed by atoms with E-state index in [9.17, 15) is 0 Å². The van der Waals surface area contributed by atoms with Crippen molar-refractivity contribution in [1.29, 1.82) is 0 Å². The van der Waals surface area contributed by atoms with E-state index in [1.54, 1.807) is 6.20 Å². The molecular formula is C5H4N4. The van der Waals surface area contributed by atoms with Crippen molar-refractivity contribution >= 4 is 5.69 Å². The summed E-state index contributed by atoms with van der Waals surface area (Å²) in [6.45, 7) is 0.609. The van der Waals surface area contributed by atoms with Crippen molar-refractivity contribution in [3.63, 3.8) is 0 Å². The molecule has 1 aliphatic heterocycles. The molecule has 9 heavy (non-hydrogen) atoms. The second-order valence-corrected chi connectivity index (χ2v) is 1.75. The van der Waals surface area contributed by atoms with Crippen molar-refractivity contribution < 1.29 is 0 Å². The van der Waals surface area contributed by atoms with Crippen molar-refractivity contribution in [3.8, 4) is 0 Å². The lowest BCUT2D eigenvalue weighted by Crippen LogP contribution is -1.82. The minimum atomic E-state index is 0.609. The fourth-order valence-electron chi connectivity index (χ4n) is 0.731. The predicted molar refractivity (Wildman–Crippen MR) is 30.3 cm³/mol. The van der Waals surface area contributed by atoms with E-state index in [1.807, 2.05) is 0 Å². The van der Waals surface area contributed by atoms with Gasteiger partial charge >= 0.3 is 0 Å². The molecule has 1 aromatic heterocycles. The summed E-state index contributed by atoms with van der Waals surface area (Å²) in [6, 6.07) is 0. The Hall–Kier alpha value is -1.32. The van der Waals surface area contributed by atoms with Gasteiger partial charge in [0.05, 0.1) is 11.9 Å². The molecule has 0 bridgehead atoms. The summed E-state index contributed by atoms with van der Waals surface area (Å²) in [5.74, 6) is 0. The quantitative estimate of drug-likeness (QED) is 0.514. The van der Waals surface area contributed by atoms with E-state index < -0.39 is 0 Å². The van der Waals surface area contributed by atoms with E-state index >= 15 is 0 Å². The summed E-state index contributed by atoms with van der Waals surface area (Å²) < 4.78 is 0. The van der Waals surface area contributed by atoms with Crippen LogP contribution in [0.2, 0.25) is 0 Å². The highest BCUT2D eigenvalue weighted by molar-refractivity contribution is 5.39. The van der Waals surface area contributed by atoms with Gasteiger partial charge in [0.15, 0.2) is 0 Å². The normalized spacial score (nSPS) is 13.8. The first-order valence-electron chi connectivity index (χ1n) is 2.63. The third-order valence-corrected chi connectivity index (χ3v) is 1.17. The Morgan fingerprint density at radius 2 is 2.44 bits per heavy atom. The summed E-state index contributed by atoms with van der Waals surface area (Å²) in [5.41, 5.74) is 1.72. The Kier molecular flexibility index (Phi) is 0.798. The van der Waals surface area contributed by atoms with Crippen molar-refractivity contribution in [2.45, 2.75) is 6.54 Å². The van der Waals surface area contributed by atoms with Crippen molar-refractivity contribution in [3.05, 3.63) is 18.2 Å². The number of azo groups is 1. The van der Waals surface area contributed by atoms with Crippen LogP contribution in [0.15, 0.2) is 22.8 Å². The number of hydrogen-bond donors (Lipinski definition) is 0. The molecule has 0 radical (unpaired) electrons. The maximum atomic E-state index is 3.96. The summed E-state index contributed by atoms with van der Waals surface area (Å²) >= 11 is 0. The second-order valence-electron chi connectivity index (χ2n) is 1.75. The van der Waals surface area contributed by atoms with Crippen LogP contribution in [0.1, 0.15) is 5.69 Å². The van der Waals surface area contributed by atoms with Gasteiger partial charge in [-0.25, -0.2) is 9.97 Å². The van der Waals surface area contributed by atoms with E-state index in [0.29, 0.717) is 6.54 Å². The Bertz CT molecular complexity index is 255. The van der Waals surface area contributed by atoms with Crippen LogP contribution in [-0.2, 0) is 6.54 Å². The molecule has 0 aromatic carbocycles. The van der Waals surface area contributed by atoms with E-state index in [2.05, 4.69) is 20.2 Å². The van der Waals surface area contributed by atoms with Crippen molar-refractivity contribution in [2.24, 2.45) is 10.2 Å². The van der Waals surface area contributed by atoms with Crippen LogP contribution in [0.5, 0.6) is 0 Å². The molecule has 2 rings (SSSR count).